The van der Waals surface area contributed by atoms with Gasteiger partial charge in [0.2, 0.25) is 0 Å². The second-order valence-electron chi connectivity index (χ2n) is 12.2. The molecule has 0 atom stereocenters. The van der Waals surface area contributed by atoms with Crippen LogP contribution in [0.25, 0.3) is 0 Å². The zero-order valence-corrected chi connectivity index (χ0v) is 23.9. The fourth-order valence-corrected chi connectivity index (χ4v) is 5.55. The fraction of sp³-hybridized carbons (Fsp3) is 0.455. The Bertz CT molecular complexity index is 1360. The molecular formula is C33H37ClN2O3. The van der Waals surface area contributed by atoms with Gasteiger partial charge in [-0.15, -0.1) is 0 Å². The van der Waals surface area contributed by atoms with Crippen LogP contribution in [0.5, 0.6) is 5.75 Å². The van der Waals surface area contributed by atoms with E-state index >= 15 is 0 Å². The van der Waals surface area contributed by atoms with Crippen LogP contribution in [0.1, 0.15) is 74.6 Å². The summed E-state index contributed by atoms with van der Waals surface area (Å²) in [5, 5.41) is 4.63. The molecule has 0 radical (unpaired) electrons. The number of halogens is 1. The summed E-state index contributed by atoms with van der Waals surface area (Å²) >= 11 is 6.46. The Hall–Kier alpha value is -3.07. The molecule has 1 aliphatic heterocycles. The fourth-order valence-electron chi connectivity index (χ4n) is 5.31. The number of Topliss-reactive ketones (excluding diaryl/α,β-unsaturated/α-hetero) is 1. The Labute approximate surface area is 236 Å². The highest BCUT2D eigenvalue weighted by Crippen LogP contribution is 2.47. The molecule has 0 N–H and O–H groups in total. The lowest BCUT2D eigenvalue weighted by molar-refractivity contribution is -0.117. The van der Waals surface area contributed by atoms with Gasteiger partial charge in [0.15, 0.2) is 0 Å². The van der Waals surface area contributed by atoms with Crippen LogP contribution in [0.4, 0.5) is 0 Å². The second kappa shape index (κ2) is 11.6. The van der Waals surface area contributed by atoms with Crippen LogP contribution in [-0.2, 0) is 23.1 Å². The van der Waals surface area contributed by atoms with Gasteiger partial charge in [0.05, 0.1) is 23.7 Å². The van der Waals surface area contributed by atoms with Crippen LogP contribution < -0.4 is 4.74 Å². The van der Waals surface area contributed by atoms with Gasteiger partial charge in [0, 0.05) is 48.7 Å². The summed E-state index contributed by atoms with van der Waals surface area (Å²) in [6, 6.07) is 15.3. The zero-order chi connectivity index (χ0) is 27.5. The molecule has 1 aromatic heterocycles. The van der Waals surface area contributed by atoms with E-state index in [1.807, 2.05) is 48.5 Å². The van der Waals surface area contributed by atoms with Gasteiger partial charge in [-0.2, -0.15) is 0 Å². The molecule has 5 nitrogen and oxygen atoms in total. The number of carbonyl (C=O) groups is 1. The van der Waals surface area contributed by atoms with E-state index in [4.69, 9.17) is 20.9 Å². The van der Waals surface area contributed by atoms with Crippen LogP contribution in [0, 0.1) is 17.3 Å². The van der Waals surface area contributed by atoms with Gasteiger partial charge in [-0.25, -0.2) is 0 Å². The smallest absolute Gasteiger partial charge is 0.143 e. The molecule has 0 unspecified atom stereocenters. The van der Waals surface area contributed by atoms with Gasteiger partial charge in [-0.3, -0.25) is 4.79 Å². The van der Waals surface area contributed by atoms with Crippen molar-refractivity contribution in [3.8, 4) is 17.6 Å². The molecule has 39 heavy (non-hydrogen) atoms. The van der Waals surface area contributed by atoms with E-state index in [-0.39, 0.29) is 17.6 Å². The highest BCUT2D eigenvalue weighted by atomic mass is 35.5. The van der Waals surface area contributed by atoms with E-state index in [1.165, 1.54) is 32.4 Å². The number of hydrogen-bond donors (Lipinski definition) is 0. The Morgan fingerprint density at radius 2 is 1.77 bits per heavy atom. The largest absolute Gasteiger partial charge is 0.492 e. The Kier molecular flexibility index (Phi) is 8.16. The molecule has 1 saturated heterocycles. The summed E-state index contributed by atoms with van der Waals surface area (Å²) in [4.78, 5) is 15.1. The average molecular weight is 545 g/mol. The van der Waals surface area contributed by atoms with Crippen LogP contribution in [0.2, 0.25) is 5.02 Å². The first kappa shape index (κ1) is 27.5. The molecule has 5 rings (SSSR count). The number of rotatable bonds is 9. The van der Waals surface area contributed by atoms with Crippen molar-refractivity contribution in [2.24, 2.45) is 5.41 Å². The molecule has 6 heteroatoms. The maximum Gasteiger partial charge on any atom is 0.143 e. The van der Waals surface area contributed by atoms with E-state index in [0.717, 1.165) is 35.4 Å². The van der Waals surface area contributed by atoms with Gasteiger partial charge in [-0.05, 0) is 60.6 Å². The zero-order valence-electron chi connectivity index (χ0n) is 23.2. The van der Waals surface area contributed by atoms with E-state index in [0.29, 0.717) is 34.9 Å². The van der Waals surface area contributed by atoms with Crippen LogP contribution >= 0.6 is 11.6 Å². The average Bonchev–Trinajstić information content (AvgIpc) is 3.31. The van der Waals surface area contributed by atoms with Crippen LogP contribution in [0.15, 0.2) is 53.1 Å². The quantitative estimate of drug-likeness (QED) is 0.223. The molecule has 2 heterocycles. The summed E-state index contributed by atoms with van der Waals surface area (Å²) < 4.78 is 11.3. The van der Waals surface area contributed by atoms with Crippen molar-refractivity contribution in [3.05, 3.63) is 81.7 Å². The summed E-state index contributed by atoms with van der Waals surface area (Å²) in [7, 11) is 0. The first-order chi connectivity index (χ1) is 18.7. The summed E-state index contributed by atoms with van der Waals surface area (Å²) in [6.07, 6.45) is 5.87. The molecule has 2 aromatic carbocycles. The standard InChI is InChI=1S/C33H37ClN2O3/c1-32(2,3)31-21-27(35-39-31)20-28(37)18-25-9-6-24(7-10-25)8-11-26-12-13-30(29(34)19-26)38-17-5-16-36-22-33(23-36)14-4-15-33/h6-7,9-10,12-13,19,21H,4-5,14-18,20,22-23H2,1-3H3. The number of hydrogen-bond acceptors (Lipinski definition) is 5. The van der Waals surface area contributed by atoms with Crippen molar-refractivity contribution in [1.82, 2.24) is 10.1 Å². The van der Waals surface area contributed by atoms with Crippen molar-refractivity contribution in [1.29, 1.82) is 0 Å². The van der Waals surface area contributed by atoms with E-state index in [9.17, 15) is 4.79 Å². The third kappa shape index (κ3) is 7.12. The Balaban J connectivity index is 1.06. The maximum atomic E-state index is 12.5. The maximum absolute atomic E-state index is 12.5. The minimum absolute atomic E-state index is 0.0992. The van der Waals surface area contributed by atoms with Crippen molar-refractivity contribution in [2.75, 3.05) is 26.2 Å². The third-order valence-corrected chi connectivity index (χ3v) is 8.02. The number of ketones is 1. The minimum Gasteiger partial charge on any atom is -0.492 e. The molecule has 3 aromatic rings. The molecule has 2 fully saturated rings. The second-order valence-corrected chi connectivity index (χ2v) is 12.6. The van der Waals surface area contributed by atoms with Crippen molar-refractivity contribution >= 4 is 17.4 Å². The predicted molar refractivity (Wildman–Crippen MR) is 154 cm³/mol. The summed E-state index contributed by atoms with van der Waals surface area (Å²) in [5.41, 5.74) is 3.89. The molecule has 0 amide bonds. The van der Waals surface area contributed by atoms with E-state index < -0.39 is 0 Å². The monoisotopic (exact) mass is 544 g/mol. The van der Waals surface area contributed by atoms with Gasteiger partial charge >= 0.3 is 0 Å². The lowest BCUT2D eigenvalue weighted by atomic mass is 9.63. The third-order valence-electron chi connectivity index (χ3n) is 7.72. The lowest BCUT2D eigenvalue weighted by Crippen LogP contribution is -2.59. The normalized spacial score (nSPS) is 16.2. The van der Waals surface area contributed by atoms with Crippen molar-refractivity contribution in [2.45, 2.75) is 64.7 Å². The Morgan fingerprint density at radius 1 is 1.05 bits per heavy atom. The summed E-state index contributed by atoms with van der Waals surface area (Å²) in [6.45, 7) is 10.5. The Morgan fingerprint density at radius 3 is 2.41 bits per heavy atom. The number of likely N-dealkylation sites (tertiary alicyclic amines) is 1. The number of aromatic nitrogens is 1. The summed E-state index contributed by atoms with van der Waals surface area (Å²) in [5.74, 6) is 7.94. The molecule has 0 bridgehead atoms. The molecule has 204 valence electrons. The van der Waals surface area contributed by atoms with Crippen molar-refractivity contribution < 1.29 is 14.1 Å². The minimum atomic E-state index is -0.126. The first-order valence-corrected chi connectivity index (χ1v) is 14.3. The number of ether oxygens (including phenoxy) is 1. The van der Waals surface area contributed by atoms with Gasteiger partial charge in [0.1, 0.15) is 17.3 Å². The highest BCUT2D eigenvalue weighted by Gasteiger charge is 2.46. The number of nitrogens with zero attached hydrogens (tertiary/aromatic N) is 2. The molecule has 1 spiro atoms. The molecule has 2 aliphatic rings. The van der Waals surface area contributed by atoms with Gasteiger partial charge in [-0.1, -0.05) is 67.9 Å². The topological polar surface area (TPSA) is 55.6 Å². The predicted octanol–water partition coefficient (Wildman–Crippen LogP) is 6.63. The molecule has 1 aliphatic carbocycles. The number of carbonyl (C=O) groups excluding carboxylic acids is 1. The SMILES string of the molecule is CC(C)(C)c1cc(CC(=O)Cc2ccc(C#Cc3ccc(OCCCN4CC5(CCC5)C4)c(Cl)c3)cc2)no1. The van der Waals surface area contributed by atoms with E-state index in [2.05, 4.69) is 42.7 Å². The number of benzene rings is 2. The lowest BCUT2D eigenvalue weighted by Gasteiger charge is -2.56. The highest BCUT2D eigenvalue weighted by molar-refractivity contribution is 6.32. The van der Waals surface area contributed by atoms with Crippen LogP contribution in [0.3, 0.4) is 0 Å². The van der Waals surface area contributed by atoms with Gasteiger partial charge < -0.3 is 14.2 Å². The van der Waals surface area contributed by atoms with Crippen molar-refractivity contribution in [3.63, 3.8) is 0 Å². The van der Waals surface area contributed by atoms with E-state index in [1.54, 1.807) is 0 Å². The van der Waals surface area contributed by atoms with Crippen LogP contribution in [-0.4, -0.2) is 42.1 Å². The molecule has 1 saturated carbocycles. The molecular weight excluding hydrogens is 508 g/mol. The first-order valence-electron chi connectivity index (χ1n) is 13.9. The van der Waals surface area contributed by atoms with Gasteiger partial charge in [0.25, 0.3) is 0 Å².